The number of amides is 2. The maximum atomic E-state index is 12.9. The van der Waals surface area contributed by atoms with Crippen LogP contribution in [0.4, 0.5) is 0 Å². The van der Waals surface area contributed by atoms with Crippen molar-refractivity contribution in [3.05, 3.63) is 0 Å². The zero-order valence-corrected chi connectivity index (χ0v) is 13.8. The Balaban J connectivity index is 1.76. The lowest BCUT2D eigenvalue weighted by Crippen LogP contribution is -2.51. The first-order valence-electron chi connectivity index (χ1n) is 8.29. The number of hydrogen-bond donors (Lipinski definition) is 0. The smallest absolute Gasteiger partial charge is 0.245 e. The van der Waals surface area contributed by atoms with Crippen LogP contribution in [0.15, 0.2) is 0 Å². The van der Waals surface area contributed by atoms with Crippen LogP contribution in [0.3, 0.4) is 0 Å². The Bertz CT molecular complexity index is 421. The number of fused-ring (bicyclic) bond motifs is 1. The fraction of sp³-hybridized carbons (Fsp3) is 0.875. The van der Waals surface area contributed by atoms with Gasteiger partial charge in [0.25, 0.3) is 0 Å². The van der Waals surface area contributed by atoms with E-state index in [1.807, 2.05) is 21.6 Å². The van der Waals surface area contributed by atoms with Crippen LogP contribution in [0.2, 0.25) is 0 Å². The largest absolute Gasteiger partial charge is 0.339 e. The fourth-order valence-electron chi connectivity index (χ4n) is 4.13. The monoisotopic (exact) mass is 310 g/mol. The Morgan fingerprint density at radius 2 is 1.90 bits per heavy atom. The Hall–Kier alpha value is -0.710. The average Bonchev–Trinajstić information content (AvgIpc) is 2.95. The highest BCUT2D eigenvalue weighted by Gasteiger charge is 2.41. The summed E-state index contributed by atoms with van der Waals surface area (Å²) < 4.78 is 0.239. The zero-order chi connectivity index (χ0) is 14.9. The predicted molar refractivity (Wildman–Crippen MR) is 85.3 cm³/mol. The van der Waals surface area contributed by atoms with E-state index in [1.165, 1.54) is 25.7 Å². The van der Waals surface area contributed by atoms with Crippen molar-refractivity contribution in [3.63, 3.8) is 0 Å². The van der Waals surface area contributed by atoms with Crippen molar-refractivity contribution in [2.75, 3.05) is 25.9 Å². The first-order valence-corrected chi connectivity index (χ1v) is 9.51. The summed E-state index contributed by atoms with van der Waals surface area (Å²) in [6.45, 7) is 2.23. The van der Waals surface area contributed by atoms with Crippen LogP contribution in [0, 0.1) is 0 Å². The summed E-state index contributed by atoms with van der Waals surface area (Å²) in [5, 5.41) is 0. The molecule has 0 N–H and O–H groups in total. The van der Waals surface area contributed by atoms with Gasteiger partial charge < -0.3 is 9.80 Å². The third kappa shape index (κ3) is 2.94. The van der Waals surface area contributed by atoms with Crippen LogP contribution in [-0.2, 0) is 9.59 Å². The number of rotatable bonds is 3. The fourth-order valence-corrected chi connectivity index (χ4v) is 5.11. The SMILES string of the molecule is CSC1(CN2CCC(=O)N3CCCCC3C2=O)CCCC1. The minimum absolute atomic E-state index is 0.172. The van der Waals surface area contributed by atoms with E-state index in [9.17, 15) is 9.59 Å². The van der Waals surface area contributed by atoms with Crippen LogP contribution < -0.4 is 0 Å². The first kappa shape index (κ1) is 15.2. The molecule has 0 spiro atoms. The molecule has 3 aliphatic rings. The Morgan fingerprint density at radius 3 is 2.62 bits per heavy atom. The molecular weight excluding hydrogens is 284 g/mol. The Morgan fingerprint density at radius 1 is 1.14 bits per heavy atom. The number of carbonyl (C=O) groups excluding carboxylic acids is 2. The minimum Gasteiger partial charge on any atom is -0.339 e. The highest BCUT2D eigenvalue weighted by molar-refractivity contribution is 8.00. The van der Waals surface area contributed by atoms with Crippen molar-refractivity contribution >= 4 is 23.6 Å². The van der Waals surface area contributed by atoms with E-state index in [0.717, 1.165) is 32.4 Å². The van der Waals surface area contributed by atoms with Crippen LogP contribution in [-0.4, -0.2) is 58.3 Å². The van der Waals surface area contributed by atoms with E-state index in [0.29, 0.717) is 13.0 Å². The summed E-state index contributed by atoms with van der Waals surface area (Å²) in [7, 11) is 0. The Kier molecular flexibility index (Phi) is 4.48. The molecule has 1 atom stereocenters. The highest BCUT2D eigenvalue weighted by Crippen LogP contribution is 2.41. The van der Waals surface area contributed by atoms with Crippen LogP contribution in [0.1, 0.15) is 51.4 Å². The van der Waals surface area contributed by atoms with E-state index in [1.54, 1.807) is 0 Å². The molecule has 0 aromatic rings. The summed E-state index contributed by atoms with van der Waals surface area (Å²) in [6.07, 6.45) is 10.6. The minimum atomic E-state index is -0.172. The lowest BCUT2D eigenvalue weighted by Gasteiger charge is -2.37. The quantitative estimate of drug-likeness (QED) is 0.803. The molecule has 1 aliphatic carbocycles. The summed E-state index contributed by atoms with van der Waals surface area (Å²) in [5.41, 5.74) is 0. The van der Waals surface area contributed by atoms with Gasteiger partial charge in [-0.2, -0.15) is 11.8 Å². The van der Waals surface area contributed by atoms with Gasteiger partial charge in [0.05, 0.1) is 0 Å². The molecule has 0 aromatic heterocycles. The molecule has 0 aromatic carbocycles. The predicted octanol–water partition coefficient (Wildman–Crippen LogP) is 2.28. The number of carbonyl (C=O) groups is 2. The van der Waals surface area contributed by atoms with Gasteiger partial charge in [0, 0.05) is 30.8 Å². The van der Waals surface area contributed by atoms with Gasteiger partial charge in [0.1, 0.15) is 6.04 Å². The van der Waals surface area contributed by atoms with Crippen molar-refractivity contribution in [2.45, 2.75) is 62.2 Å². The van der Waals surface area contributed by atoms with Crippen LogP contribution >= 0.6 is 11.8 Å². The molecule has 1 unspecified atom stereocenters. The molecule has 2 aliphatic heterocycles. The van der Waals surface area contributed by atoms with E-state index in [4.69, 9.17) is 0 Å². The number of nitrogens with zero attached hydrogens (tertiary/aromatic N) is 2. The molecule has 2 amide bonds. The van der Waals surface area contributed by atoms with Crippen molar-refractivity contribution < 1.29 is 9.59 Å². The van der Waals surface area contributed by atoms with E-state index in [2.05, 4.69) is 6.26 Å². The van der Waals surface area contributed by atoms with Crippen molar-refractivity contribution in [3.8, 4) is 0 Å². The Labute approximate surface area is 131 Å². The molecule has 2 saturated heterocycles. The van der Waals surface area contributed by atoms with Crippen molar-refractivity contribution in [2.24, 2.45) is 0 Å². The molecule has 21 heavy (non-hydrogen) atoms. The van der Waals surface area contributed by atoms with Gasteiger partial charge >= 0.3 is 0 Å². The highest BCUT2D eigenvalue weighted by atomic mass is 32.2. The van der Waals surface area contributed by atoms with E-state index >= 15 is 0 Å². The lowest BCUT2D eigenvalue weighted by molar-refractivity contribution is -0.143. The topological polar surface area (TPSA) is 40.6 Å². The molecule has 3 rings (SSSR count). The summed E-state index contributed by atoms with van der Waals surface area (Å²) in [6, 6.07) is -0.172. The van der Waals surface area contributed by atoms with Gasteiger partial charge in [0.15, 0.2) is 0 Å². The van der Waals surface area contributed by atoms with E-state index < -0.39 is 0 Å². The van der Waals surface area contributed by atoms with Crippen molar-refractivity contribution in [1.82, 2.24) is 9.80 Å². The molecule has 5 heteroatoms. The third-order valence-electron chi connectivity index (χ3n) is 5.44. The van der Waals surface area contributed by atoms with Crippen LogP contribution in [0.25, 0.3) is 0 Å². The summed E-state index contributed by atoms with van der Waals surface area (Å²) in [5.74, 6) is 0.390. The second kappa shape index (κ2) is 6.19. The normalized spacial score (nSPS) is 29.5. The zero-order valence-electron chi connectivity index (χ0n) is 13.0. The van der Waals surface area contributed by atoms with Crippen molar-refractivity contribution in [1.29, 1.82) is 0 Å². The molecule has 118 valence electrons. The average molecular weight is 310 g/mol. The number of piperidine rings is 1. The molecule has 0 bridgehead atoms. The van der Waals surface area contributed by atoms with Gasteiger partial charge in [-0.25, -0.2) is 0 Å². The molecular formula is C16H26N2O2S. The third-order valence-corrected chi connectivity index (χ3v) is 6.85. The second-order valence-electron chi connectivity index (χ2n) is 6.70. The molecule has 1 saturated carbocycles. The van der Waals surface area contributed by atoms with Gasteiger partial charge in [-0.05, 0) is 38.4 Å². The summed E-state index contributed by atoms with van der Waals surface area (Å²) >= 11 is 1.92. The van der Waals surface area contributed by atoms with Gasteiger partial charge in [-0.1, -0.05) is 12.8 Å². The van der Waals surface area contributed by atoms with Gasteiger partial charge in [0.2, 0.25) is 11.8 Å². The molecule has 2 heterocycles. The maximum Gasteiger partial charge on any atom is 0.245 e. The van der Waals surface area contributed by atoms with Gasteiger partial charge in [-0.15, -0.1) is 0 Å². The molecule has 3 fully saturated rings. The maximum absolute atomic E-state index is 12.9. The number of thioether (sulfide) groups is 1. The second-order valence-corrected chi connectivity index (χ2v) is 7.98. The van der Waals surface area contributed by atoms with E-state index in [-0.39, 0.29) is 22.6 Å². The molecule has 4 nitrogen and oxygen atoms in total. The lowest BCUT2D eigenvalue weighted by atomic mass is 10.0. The standard InChI is InChI=1S/C16H26N2O2S/c1-21-16(8-3-4-9-16)12-17-11-7-14(19)18-10-5-2-6-13(18)15(17)20/h13H,2-12H2,1H3. The van der Waals surface area contributed by atoms with Gasteiger partial charge in [-0.3, -0.25) is 9.59 Å². The number of hydrogen-bond acceptors (Lipinski definition) is 3. The molecule has 0 radical (unpaired) electrons. The van der Waals surface area contributed by atoms with Crippen LogP contribution in [0.5, 0.6) is 0 Å². The summed E-state index contributed by atoms with van der Waals surface area (Å²) in [4.78, 5) is 29.0. The first-order chi connectivity index (χ1) is 10.2.